The van der Waals surface area contributed by atoms with Crippen LogP contribution in [0.25, 0.3) is 0 Å². The van der Waals surface area contributed by atoms with Gasteiger partial charge in [-0.25, -0.2) is 25.9 Å². The van der Waals surface area contributed by atoms with E-state index in [1.54, 1.807) is 17.1 Å². The van der Waals surface area contributed by atoms with Crippen molar-refractivity contribution in [2.75, 3.05) is 31.1 Å². The van der Waals surface area contributed by atoms with Crippen molar-refractivity contribution in [3.8, 4) is 0 Å². The third-order valence-electron chi connectivity index (χ3n) is 6.97. The zero-order chi connectivity index (χ0) is 30.2. The van der Waals surface area contributed by atoms with Crippen molar-refractivity contribution in [3.05, 3.63) is 83.0 Å². The summed E-state index contributed by atoms with van der Waals surface area (Å²) < 4.78 is 110. The van der Waals surface area contributed by atoms with Gasteiger partial charge in [-0.15, -0.1) is 0 Å². The molecule has 2 aromatic rings. The van der Waals surface area contributed by atoms with Gasteiger partial charge >= 0.3 is 6.18 Å². The molecule has 1 aliphatic carbocycles. The summed E-state index contributed by atoms with van der Waals surface area (Å²) in [6, 6.07) is 8.29. The molecule has 0 bridgehead atoms. The number of rotatable bonds is 8. The summed E-state index contributed by atoms with van der Waals surface area (Å²) in [4.78, 5) is 1.70. The summed E-state index contributed by atoms with van der Waals surface area (Å²) in [6.45, 7) is 0.262. The molecule has 2 aliphatic rings. The lowest BCUT2D eigenvalue weighted by atomic mass is 9.95. The number of anilines is 1. The molecule has 0 radical (unpaired) electrons. The van der Waals surface area contributed by atoms with Crippen LogP contribution in [0.3, 0.4) is 0 Å². The summed E-state index contributed by atoms with van der Waals surface area (Å²) in [7, 11) is -8.14. The molecule has 8 nitrogen and oxygen atoms in total. The first-order valence-corrected chi connectivity index (χ1v) is 15.7. The van der Waals surface area contributed by atoms with Crippen molar-refractivity contribution < 1.29 is 39.5 Å². The molecule has 1 fully saturated rings. The highest BCUT2D eigenvalue weighted by Gasteiger charge is 2.51. The van der Waals surface area contributed by atoms with E-state index >= 15 is 0 Å². The Labute approximate surface area is 241 Å². The van der Waals surface area contributed by atoms with Gasteiger partial charge in [0.1, 0.15) is 5.82 Å². The fourth-order valence-electron chi connectivity index (χ4n) is 4.50. The van der Waals surface area contributed by atoms with Gasteiger partial charge < -0.3 is 10.0 Å². The van der Waals surface area contributed by atoms with Crippen LogP contribution in [0.4, 0.5) is 23.2 Å². The topological polar surface area (TPSA) is 107 Å². The fraction of sp³-hybridized carbons (Fsp3) is 0.346. The lowest BCUT2D eigenvalue weighted by Gasteiger charge is -2.42. The number of halogens is 4. The number of thiocarbonyl (C=S) groups is 1. The molecule has 0 amide bonds. The molecule has 2 aromatic carbocycles. The van der Waals surface area contributed by atoms with E-state index < -0.39 is 49.2 Å². The van der Waals surface area contributed by atoms with E-state index in [4.69, 9.17) is 12.2 Å². The Morgan fingerprint density at radius 3 is 2.24 bits per heavy atom. The van der Waals surface area contributed by atoms with Gasteiger partial charge in [-0.05, 0) is 55.0 Å². The zero-order valence-corrected chi connectivity index (χ0v) is 24.1. The molecule has 0 unspecified atom stereocenters. The quantitative estimate of drug-likeness (QED) is 0.338. The number of sulfonamides is 2. The number of alkyl halides is 3. The van der Waals surface area contributed by atoms with Crippen molar-refractivity contribution in [2.24, 2.45) is 0 Å². The summed E-state index contributed by atoms with van der Waals surface area (Å²) in [5, 5.41) is 10.0. The third kappa shape index (κ3) is 6.54. The molecule has 2 N–H and O–H groups in total. The van der Waals surface area contributed by atoms with Crippen LogP contribution < -0.4 is 9.62 Å². The second-order valence-electron chi connectivity index (χ2n) is 9.72. The summed E-state index contributed by atoms with van der Waals surface area (Å²) in [5.74, 6) is -0.624. The fourth-order valence-corrected chi connectivity index (χ4v) is 7.64. The van der Waals surface area contributed by atoms with E-state index in [0.29, 0.717) is 12.6 Å². The maximum absolute atomic E-state index is 13.5. The Bertz CT molecular complexity index is 1570. The van der Waals surface area contributed by atoms with E-state index in [1.165, 1.54) is 22.5 Å². The minimum Gasteiger partial charge on any atom is -0.376 e. The summed E-state index contributed by atoms with van der Waals surface area (Å²) >= 11 is 5.25. The average molecular weight is 634 g/mol. The Hall–Kier alpha value is -2.69. The van der Waals surface area contributed by atoms with Crippen molar-refractivity contribution in [3.63, 3.8) is 0 Å². The van der Waals surface area contributed by atoms with Gasteiger partial charge in [0.05, 0.1) is 15.8 Å². The van der Waals surface area contributed by atoms with Gasteiger partial charge in [0.15, 0.2) is 5.60 Å². The maximum atomic E-state index is 13.5. The minimum absolute atomic E-state index is 0.00473. The number of hydrogen-bond donors (Lipinski definition) is 2. The molecule has 4 rings (SSSR count). The first-order chi connectivity index (χ1) is 19.0. The average Bonchev–Trinajstić information content (AvgIpc) is 2.91. The van der Waals surface area contributed by atoms with Gasteiger partial charge in [-0.3, -0.25) is 0 Å². The van der Waals surface area contributed by atoms with Gasteiger partial charge in [-0.2, -0.15) is 17.5 Å². The molecule has 222 valence electrons. The van der Waals surface area contributed by atoms with E-state index in [-0.39, 0.29) is 47.3 Å². The van der Waals surface area contributed by atoms with Crippen LogP contribution in [0.1, 0.15) is 18.9 Å². The Kier molecular flexibility index (Phi) is 8.79. The SMILES string of the molecule is C[C@](O)(c1ccc(N2CCN(S(=O)(=O)C3=CC=CCC3=S)C[C@@H]2CNS(=O)(=O)c2ccc(F)cc2)cc1)C(F)(F)F. The summed E-state index contributed by atoms with van der Waals surface area (Å²) in [6.07, 6.45) is 0.0937. The van der Waals surface area contributed by atoms with Gasteiger partial charge in [0.2, 0.25) is 20.0 Å². The molecular formula is C26H27F4N3O5S3. The van der Waals surface area contributed by atoms with E-state index in [9.17, 15) is 39.5 Å². The van der Waals surface area contributed by atoms with E-state index in [2.05, 4.69) is 4.72 Å². The molecule has 1 aliphatic heterocycles. The van der Waals surface area contributed by atoms with Gasteiger partial charge in [0, 0.05) is 43.2 Å². The predicted molar refractivity (Wildman–Crippen MR) is 150 cm³/mol. The van der Waals surface area contributed by atoms with Crippen molar-refractivity contribution in [2.45, 2.75) is 36.1 Å². The van der Waals surface area contributed by atoms with E-state index in [0.717, 1.165) is 36.4 Å². The number of benzene rings is 2. The smallest absolute Gasteiger partial charge is 0.376 e. The van der Waals surface area contributed by atoms with Crippen molar-refractivity contribution >= 4 is 42.8 Å². The van der Waals surface area contributed by atoms with Gasteiger partial charge in [0.25, 0.3) is 0 Å². The number of nitrogens with one attached hydrogen (secondary N) is 1. The lowest BCUT2D eigenvalue weighted by molar-refractivity contribution is -0.258. The van der Waals surface area contributed by atoms with Crippen LogP contribution in [0.15, 0.2) is 76.6 Å². The third-order valence-corrected chi connectivity index (χ3v) is 10.9. The number of allylic oxidation sites excluding steroid dienone is 4. The molecule has 0 saturated carbocycles. The monoisotopic (exact) mass is 633 g/mol. The zero-order valence-electron chi connectivity index (χ0n) is 21.7. The first kappa shape index (κ1) is 31.3. The van der Waals surface area contributed by atoms with Crippen LogP contribution in [0, 0.1) is 5.82 Å². The van der Waals surface area contributed by atoms with E-state index in [1.807, 2.05) is 0 Å². The highest BCUT2D eigenvalue weighted by molar-refractivity contribution is 7.96. The molecule has 41 heavy (non-hydrogen) atoms. The largest absolute Gasteiger partial charge is 0.421 e. The number of aliphatic hydroxyl groups is 1. The first-order valence-electron chi connectivity index (χ1n) is 12.4. The Balaban J connectivity index is 1.63. The van der Waals surface area contributed by atoms with Crippen LogP contribution in [0.2, 0.25) is 0 Å². The Morgan fingerprint density at radius 1 is 1.02 bits per heavy atom. The maximum Gasteiger partial charge on any atom is 0.421 e. The van der Waals surface area contributed by atoms with Crippen molar-refractivity contribution in [1.29, 1.82) is 0 Å². The normalized spacial score (nSPS) is 20.5. The van der Waals surface area contributed by atoms with Crippen molar-refractivity contribution in [1.82, 2.24) is 9.03 Å². The highest BCUT2D eigenvalue weighted by atomic mass is 32.2. The van der Waals surface area contributed by atoms with Crippen LogP contribution >= 0.6 is 12.2 Å². The van der Waals surface area contributed by atoms with Gasteiger partial charge in [-0.1, -0.05) is 36.5 Å². The standard InChI is InChI=1S/C26H27F4N3O5S3/c1-25(34,26(28,29)30)18-6-10-20(11-7-18)33-15-14-32(41(37,38)24-5-3-2-4-23(24)39)17-21(33)16-31-40(35,36)22-12-8-19(27)9-13-22/h2-3,5-13,21,31,34H,4,14-17H2,1H3/t21-,25-/m0/s1. The molecule has 1 saturated heterocycles. The molecule has 1 heterocycles. The number of nitrogens with zero attached hydrogens (tertiary/aromatic N) is 2. The predicted octanol–water partition coefficient (Wildman–Crippen LogP) is 3.61. The highest BCUT2D eigenvalue weighted by Crippen LogP contribution is 2.39. The minimum atomic E-state index is -4.92. The second kappa shape index (κ2) is 11.5. The Morgan fingerprint density at radius 2 is 1.66 bits per heavy atom. The van der Waals surface area contributed by atoms with Crippen LogP contribution in [0.5, 0.6) is 0 Å². The molecular weight excluding hydrogens is 606 g/mol. The number of hydrogen-bond acceptors (Lipinski definition) is 7. The molecule has 15 heteroatoms. The number of piperazine rings is 1. The van der Waals surface area contributed by atoms with Crippen LogP contribution in [-0.4, -0.2) is 69.5 Å². The second-order valence-corrected chi connectivity index (χ2v) is 13.9. The lowest BCUT2D eigenvalue weighted by Crippen LogP contribution is -2.58. The molecule has 0 aromatic heterocycles. The van der Waals surface area contributed by atoms with Crippen LogP contribution in [-0.2, 0) is 25.6 Å². The summed E-state index contributed by atoms with van der Waals surface area (Å²) in [5.41, 5.74) is -3.09. The molecule has 2 atom stereocenters. The molecule has 0 spiro atoms.